The van der Waals surface area contributed by atoms with Gasteiger partial charge in [-0.05, 0) is 47.1 Å². The van der Waals surface area contributed by atoms with Crippen LogP contribution in [0.3, 0.4) is 0 Å². The molecular formula is C12H10BrN3O. The van der Waals surface area contributed by atoms with Crippen molar-refractivity contribution in [3.63, 3.8) is 0 Å². The van der Waals surface area contributed by atoms with Gasteiger partial charge in [0, 0.05) is 11.9 Å². The maximum Gasteiger partial charge on any atom is 0.258 e. The summed E-state index contributed by atoms with van der Waals surface area (Å²) in [5, 5.41) is 2.71. The van der Waals surface area contributed by atoms with Crippen LogP contribution in [0.15, 0.2) is 41.1 Å². The minimum absolute atomic E-state index is 0.219. The number of hydrogen-bond donors (Lipinski definition) is 1. The molecule has 0 bridgehead atoms. The molecule has 0 atom stereocenters. The Morgan fingerprint density at radius 2 is 2.12 bits per heavy atom. The van der Waals surface area contributed by atoms with E-state index >= 15 is 0 Å². The summed E-state index contributed by atoms with van der Waals surface area (Å²) in [4.78, 5) is 20.0. The van der Waals surface area contributed by atoms with Gasteiger partial charge in [-0.2, -0.15) is 0 Å². The lowest BCUT2D eigenvalue weighted by Crippen LogP contribution is -2.13. The first-order valence-corrected chi connectivity index (χ1v) is 5.81. The Hall–Kier alpha value is -1.75. The number of aromatic nitrogens is 2. The predicted molar refractivity (Wildman–Crippen MR) is 68.9 cm³/mol. The highest BCUT2D eigenvalue weighted by Crippen LogP contribution is 2.09. The van der Waals surface area contributed by atoms with Gasteiger partial charge in [-0.15, -0.1) is 0 Å². The number of hydrogen-bond acceptors (Lipinski definition) is 3. The second kappa shape index (κ2) is 5.05. The first-order valence-electron chi connectivity index (χ1n) is 5.02. The van der Waals surface area contributed by atoms with Crippen molar-refractivity contribution in [3.05, 3.63) is 52.4 Å². The smallest absolute Gasteiger partial charge is 0.258 e. The van der Waals surface area contributed by atoms with Crippen LogP contribution in [0.25, 0.3) is 0 Å². The van der Waals surface area contributed by atoms with E-state index in [9.17, 15) is 4.79 Å². The molecule has 0 aliphatic heterocycles. The van der Waals surface area contributed by atoms with Crippen molar-refractivity contribution >= 4 is 27.7 Å². The number of pyridine rings is 2. The zero-order valence-corrected chi connectivity index (χ0v) is 10.7. The van der Waals surface area contributed by atoms with E-state index in [1.807, 2.05) is 19.1 Å². The van der Waals surface area contributed by atoms with Crippen molar-refractivity contribution in [1.29, 1.82) is 0 Å². The van der Waals surface area contributed by atoms with E-state index in [2.05, 4.69) is 31.2 Å². The Bertz CT molecular complexity index is 540. The number of aryl methyl sites for hydroxylation is 1. The molecule has 2 heterocycles. The van der Waals surface area contributed by atoms with E-state index in [-0.39, 0.29) is 5.91 Å². The quantitative estimate of drug-likeness (QED) is 0.866. The molecule has 0 spiro atoms. The maximum absolute atomic E-state index is 11.8. The van der Waals surface area contributed by atoms with E-state index in [1.54, 1.807) is 18.2 Å². The topological polar surface area (TPSA) is 54.9 Å². The van der Waals surface area contributed by atoms with E-state index in [4.69, 9.17) is 0 Å². The molecule has 0 unspecified atom stereocenters. The van der Waals surface area contributed by atoms with Crippen LogP contribution < -0.4 is 5.32 Å². The number of halogens is 1. The zero-order chi connectivity index (χ0) is 12.3. The average molecular weight is 292 g/mol. The van der Waals surface area contributed by atoms with E-state index in [0.717, 1.165) is 5.69 Å². The van der Waals surface area contributed by atoms with Gasteiger partial charge in [-0.3, -0.25) is 4.79 Å². The summed E-state index contributed by atoms with van der Waals surface area (Å²) in [6.45, 7) is 1.87. The van der Waals surface area contributed by atoms with Gasteiger partial charge in [0.1, 0.15) is 10.4 Å². The van der Waals surface area contributed by atoms with Crippen molar-refractivity contribution in [2.75, 3.05) is 5.32 Å². The molecule has 86 valence electrons. The predicted octanol–water partition coefficient (Wildman–Crippen LogP) is 2.80. The highest BCUT2D eigenvalue weighted by atomic mass is 79.9. The van der Waals surface area contributed by atoms with Crippen molar-refractivity contribution in [2.24, 2.45) is 0 Å². The highest BCUT2D eigenvalue weighted by Gasteiger charge is 2.06. The summed E-state index contributed by atoms with van der Waals surface area (Å²) >= 11 is 3.22. The lowest BCUT2D eigenvalue weighted by molar-refractivity contribution is 0.102. The van der Waals surface area contributed by atoms with Crippen molar-refractivity contribution in [3.8, 4) is 0 Å². The standard InChI is InChI=1S/C12H10BrN3O/c1-8-3-2-4-11(15-8)16-12(17)9-5-6-10(13)14-7-9/h2-7H,1H3,(H,15,16,17). The van der Waals surface area contributed by atoms with Crippen LogP contribution in [0.1, 0.15) is 16.1 Å². The molecule has 0 aliphatic carbocycles. The van der Waals surface area contributed by atoms with Gasteiger partial charge in [0.25, 0.3) is 5.91 Å². The molecule has 0 saturated carbocycles. The molecule has 2 aromatic rings. The largest absolute Gasteiger partial charge is 0.307 e. The van der Waals surface area contributed by atoms with Gasteiger partial charge in [-0.1, -0.05) is 6.07 Å². The Kier molecular flexibility index (Phi) is 3.49. The van der Waals surface area contributed by atoms with Crippen molar-refractivity contribution < 1.29 is 4.79 Å². The van der Waals surface area contributed by atoms with Crippen LogP contribution in [0.2, 0.25) is 0 Å². The van der Waals surface area contributed by atoms with Gasteiger partial charge in [0.2, 0.25) is 0 Å². The summed E-state index contributed by atoms with van der Waals surface area (Å²) < 4.78 is 0.697. The molecule has 2 rings (SSSR count). The summed E-state index contributed by atoms with van der Waals surface area (Å²) in [7, 11) is 0. The normalized spacial score (nSPS) is 10.0. The van der Waals surface area contributed by atoms with Gasteiger partial charge in [-0.25, -0.2) is 9.97 Å². The van der Waals surface area contributed by atoms with E-state index in [1.165, 1.54) is 6.20 Å². The molecule has 1 amide bonds. The fourth-order valence-electron chi connectivity index (χ4n) is 1.31. The van der Waals surface area contributed by atoms with E-state index < -0.39 is 0 Å². The lowest BCUT2D eigenvalue weighted by Gasteiger charge is -2.04. The SMILES string of the molecule is Cc1cccc(NC(=O)c2ccc(Br)nc2)n1. The van der Waals surface area contributed by atoms with Crippen LogP contribution in [-0.4, -0.2) is 15.9 Å². The highest BCUT2D eigenvalue weighted by molar-refractivity contribution is 9.10. The van der Waals surface area contributed by atoms with Gasteiger partial charge < -0.3 is 5.32 Å². The third-order valence-corrected chi connectivity index (χ3v) is 2.59. The molecule has 0 aliphatic rings. The van der Waals surface area contributed by atoms with Crippen LogP contribution in [-0.2, 0) is 0 Å². The van der Waals surface area contributed by atoms with Gasteiger partial charge >= 0.3 is 0 Å². The molecule has 0 radical (unpaired) electrons. The van der Waals surface area contributed by atoms with Gasteiger partial charge in [0.05, 0.1) is 5.56 Å². The summed E-state index contributed by atoms with van der Waals surface area (Å²) in [5.41, 5.74) is 1.35. The Morgan fingerprint density at radius 1 is 1.29 bits per heavy atom. The number of anilines is 1. The molecule has 2 aromatic heterocycles. The number of nitrogens with one attached hydrogen (secondary N) is 1. The number of amides is 1. The minimum Gasteiger partial charge on any atom is -0.307 e. The molecule has 5 heteroatoms. The summed E-state index contributed by atoms with van der Waals surface area (Å²) in [6, 6.07) is 8.88. The second-order valence-electron chi connectivity index (χ2n) is 3.49. The van der Waals surface area contributed by atoms with Gasteiger partial charge in [0.15, 0.2) is 0 Å². The molecular weight excluding hydrogens is 282 g/mol. The van der Waals surface area contributed by atoms with Crippen molar-refractivity contribution in [1.82, 2.24) is 9.97 Å². The molecule has 0 fully saturated rings. The second-order valence-corrected chi connectivity index (χ2v) is 4.30. The first-order chi connectivity index (χ1) is 8.15. The lowest BCUT2D eigenvalue weighted by atomic mass is 10.2. The molecule has 0 saturated heterocycles. The van der Waals surface area contributed by atoms with Crippen LogP contribution in [0.4, 0.5) is 5.82 Å². The van der Waals surface area contributed by atoms with Crippen LogP contribution in [0.5, 0.6) is 0 Å². The number of carbonyl (C=O) groups is 1. The Balaban J connectivity index is 2.14. The number of carbonyl (C=O) groups excluding carboxylic acids is 1. The summed E-state index contributed by atoms with van der Waals surface area (Å²) in [5.74, 6) is 0.320. The van der Waals surface area contributed by atoms with Crippen LogP contribution in [0, 0.1) is 6.92 Å². The fraction of sp³-hybridized carbons (Fsp3) is 0.0833. The van der Waals surface area contributed by atoms with E-state index in [0.29, 0.717) is 16.0 Å². The fourth-order valence-corrected chi connectivity index (χ4v) is 1.55. The molecule has 17 heavy (non-hydrogen) atoms. The molecule has 1 N–H and O–H groups in total. The minimum atomic E-state index is -0.219. The number of rotatable bonds is 2. The maximum atomic E-state index is 11.8. The monoisotopic (exact) mass is 291 g/mol. The first kappa shape index (κ1) is 11.7. The summed E-state index contributed by atoms with van der Waals surface area (Å²) in [6.07, 6.45) is 1.51. The Morgan fingerprint density at radius 3 is 2.76 bits per heavy atom. The molecule has 0 aromatic carbocycles. The third kappa shape index (κ3) is 3.10. The van der Waals surface area contributed by atoms with Crippen molar-refractivity contribution in [2.45, 2.75) is 6.92 Å². The Labute approximate surface area is 107 Å². The average Bonchev–Trinajstić information content (AvgIpc) is 2.29. The zero-order valence-electron chi connectivity index (χ0n) is 9.14. The number of nitrogens with zero attached hydrogens (tertiary/aromatic N) is 2. The van der Waals surface area contributed by atoms with Crippen LogP contribution >= 0.6 is 15.9 Å². The third-order valence-electron chi connectivity index (χ3n) is 2.12. The molecule has 4 nitrogen and oxygen atoms in total.